The molecule has 3 heterocycles. The molecule has 1 saturated heterocycles. The summed E-state index contributed by atoms with van der Waals surface area (Å²) < 4.78 is 15.9. The largest absolute Gasteiger partial charge is 0.355 e. The molecule has 1 unspecified atom stereocenters. The van der Waals surface area contributed by atoms with Gasteiger partial charge in [-0.25, -0.2) is 19.0 Å². The summed E-state index contributed by atoms with van der Waals surface area (Å²) in [4.78, 5) is 10.8. The van der Waals surface area contributed by atoms with Crippen molar-refractivity contribution in [3.63, 3.8) is 0 Å². The number of hydrogen-bond acceptors (Lipinski definition) is 4. The van der Waals surface area contributed by atoms with Gasteiger partial charge in [0.15, 0.2) is 17.6 Å². The molecule has 3 aromatic rings. The van der Waals surface area contributed by atoms with Crippen LogP contribution in [0.15, 0.2) is 59.9 Å². The molecular formula is C24H26BrClFN7. The van der Waals surface area contributed by atoms with Gasteiger partial charge in [-0.3, -0.25) is 0 Å². The minimum absolute atomic E-state index is 0. The van der Waals surface area contributed by atoms with Crippen molar-refractivity contribution in [2.24, 2.45) is 4.99 Å². The lowest BCUT2D eigenvalue weighted by Crippen LogP contribution is -2.45. The lowest BCUT2D eigenvalue weighted by molar-refractivity contribution is 0.612. The Morgan fingerprint density at radius 3 is 2.97 bits per heavy atom. The SMILES string of the molecule is Br.C#CCCNC(=NCc1ccn(-c2cccc(Cl)c2)n1)NC1CCN(c2ncccc2F)C1. The molecule has 1 aromatic carbocycles. The molecule has 10 heteroatoms. The number of anilines is 1. The number of guanidine groups is 1. The van der Waals surface area contributed by atoms with Crippen molar-refractivity contribution in [3.8, 4) is 18.0 Å². The third kappa shape index (κ3) is 6.72. The summed E-state index contributed by atoms with van der Waals surface area (Å²) in [6.07, 6.45) is 10.3. The van der Waals surface area contributed by atoms with E-state index in [2.05, 4.69) is 31.6 Å². The zero-order valence-electron chi connectivity index (χ0n) is 18.5. The van der Waals surface area contributed by atoms with Crippen LogP contribution in [0.25, 0.3) is 5.69 Å². The topological polar surface area (TPSA) is 70.4 Å². The van der Waals surface area contributed by atoms with Crippen molar-refractivity contribution in [1.82, 2.24) is 25.4 Å². The lowest BCUT2D eigenvalue weighted by Gasteiger charge is -2.20. The monoisotopic (exact) mass is 545 g/mol. The van der Waals surface area contributed by atoms with Crippen LogP contribution in [-0.2, 0) is 6.54 Å². The van der Waals surface area contributed by atoms with E-state index in [0.717, 1.165) is 17.8 Å². The minimum atomic E-state index is -0.311. The summed E-state index contributed by atoms with van der Waals surface area (Å²) in [5, 5.41) is 11.9. The zero-order valence-corrected chi connectivity index (χ0v) is 21.0. The van der Waals surface area contributed by atoms with Crippen LogP contribution in [0.2, 0.25) is 5.02 Å². The van der Waals surface area contributed by atoms with Gasteiger partial charge < -0.3 is 15.5 Å². The Hall–Kier alpha value is -3.09. The molecule has 0 spiro atoms. The number of hydrogen-bond donors (Lipinski definition) is 2. The molecule has 1 atom stereocenters. The second kappa shape index (κ2) is 12.4. The molecule has 2 aromatic heterocycles. The zero-order chi connectivity index (χ0) is 23.0. The van der Waals surface area contributed by atoms with Gasteiger partial charge in [0.1, 0.15) is 0 Å². The molecule has 0 aliphatic carbocycles. The summed E-state index contributed by atoms with van der Waals surface area (Å²) in [6.45, 7) is 2.34. The minimum Gasteiger partial charge on any atom is -0.355 e. The van der Waals surface area contributed by atoms with Crippen molar-refractivity contribution < 1.29 is 4.39 Å². The fraction of sp³-hybridized carbons (Fsp3) is 0.292. The number of halogens is 3. The van der Waals surface area contributed by atoms with E-state index in [9.17, 15) is 4.39 Å². The van der Waals surface area contributed by atoms with Crippen molar-refractivity contribution in [1.29, 1.82) is 0 Å². The number of nitrogens with zero attached hydrogens (tertiary/aromatic N) is 5. The molecule has 0 amide bonds. The van der Waals surface area contributed by atoms with E-state index in [1.165, 1.54) is 6.07 Å². The molecule has 7 nitrogen and oxygen atoms in total. The fourth-order valence-electron chi connectivity index (χ4n) is 3.65. The first-order chi connectivity index (χ1) is 16.1. The maximum atomic E-state index is 14.1. The normalized spacial score (nSPS) is 15.5. The first kappa shape index (κ1) is 25.5. The Morgan fingerprint density at radius 2 is 2.18 bits per heavy atom. The van der Waals surface area contributed by atoms with Crippen LogP contribution in [0.4, 0.5) is 10.2 Å². The lowest BCUT2D eigenvalue weighted by atomic mass is 10.3. The molecule has 0 saturated carbocycles. The molecule has 1 aliphatic heterocycles. The van der Waals surface area contributed by atoms with Gasteiger partial charge in [-0.2, -0.15) is 5.10 Å². The molecule has 2 N–H and O–H groups in total. The van der Waals surface area contributed by atoms with E-state index in [0.29, 0.717) is 49.4 Å². The molecular weight excluding hydrogens is 521 g/mol. The maximum absolute atomic E-state index is 14.1. The Bertz CT molecular complexity index is 1160. The molecule has 0 radical (unpaired) electrons. The summed E-state index contributed by atoms with van der Waals surface area (Å²) in [5.41, 5.74) is 1.70. The van der Waals surface area contributed by atoms with Crippen LogP contribution < -0.4 is 15.5 Å². The van der Waals surface area contributed by atoms with Crippen molar-refractivity contribution >= 4 is 40.4 Å². The number of nitrogens with one attached hydrogen (secondary N) is 2. The second-order valence-electron chi connectivity index (χ2n) is 7.66. The Morgan fingerprint density at radius 1 is 1.29 bits per heavy atom. The summed E-state index contributed by atoms with van der Waals surface area (Å²) in [7, 11) is 0. The highest BCUT2D eigenvalue weighted by Gasteiger charge is 2.26. The third-order valence-electron chi connectivity index (χ3n) is 5.25. The van der Waals surface area contributed by atoms with Gasteiger partial charge >= 0.3 is 0 Å². The second-order valence-corrected chi connectivity index (χ2v) is 8.10. The predicted octanol–water partition coefficient (Wildman–Crippen LogP) is 3.98. The van der Waals surface area contributed by atoms with Gasteiger partial charge in [0.2, 0.25) is 0 Å². The standard InChI is InChI=1S/C24H25ClFN7.BrH/c1-2-3-11-28-24(30-20-9-13-32(17-20)23-22(26)8-5-12-27-23)29-16-19-10-14-33(31-19)21-7-4-6-18(25)15-21;/h1,4-8,10,12,14-15,20H,3,9,11,13,16-17H2,(H2,28,29,30);1H. The molecule has 0 bridgehead atoms. The molecule has 178 valence electrons. The maximum Gasteiger partial charge on any atom is 0.191 e. The number of benzene rings is 1. The van der Waals surface area contributed by atoms with Gasteiger partial charge in [-0.05, 0) is 42.8 Å². The average molecular weight is 547 g/mol. The third-order valence-corrected chi connectivity index (χ3v) is 5.48. The Balaban J connectivity index is 0.00000324. The summed E-state index contributed by atoms with van der Waals surface area (Å²) in [5.74, 6) is 3.34. The summed E-state index contributed by atoms with van der Waals surface area (Å²) >= 11 is 6.08. The van der Waals surface area contributed by atoms with Gasteiger partial charge in [-0.15, -0.1) is 29.3 Å². The molecule has 4 rings (SSSR count). The predicted molar refractivity (Wildman–Crippen MR) is 139 cm³/mol. The van der Waals surface area contributed by atoms with Gasteiger partial charge in [0, 0.05) is 49.5 Å². The van der Waals surface area contributed by atoms with Crippen LogP contribution in [0, 0.1) is 18.2 Å². The van der Waals surface area contributed by atoms with E-state index in [1.807, 2.05) is 41.4 Å². The first-order valence-electron chi connectivity index (χ1n) is 10.8. The van der Waals surface area contributed by atoms with Gasteiger partial charge in [0.05, 0.1) is 17.9 Å². The van der Waals surface area contributed by atoms with Crippen molar-refractivity contribution in [2.75, 3.05) is 24.5 Å². The van der Waals surface area contributed by atoms with Crippen LogP contribution in [0.1, 0.15) is 18.5 Å². The number of aromatic nitrogens is 3. The highest BCUT2D eigenvalue weighted by atomic mass is 79.9. The Labute approximate surface area is 214 Å². The molecule has 1 aliphatic rings. The summed E-state index contributed by atoms with van der Waals surface area (Å²) in [6, 6.07) is 12.6. The number of aliphatic imine (C=N–C) groups is 1. The number of terminal acetylenes is 1. The Kier molecular flexibility index (Phi) is 9.31. The average Bonchev–Trinajstić information content (AvgIpc) is 3.48. The van der Waals surface area contributed by atoms with Crippen molar-refractivity contribution in [3.05, 3.63) is 71.4 Å². The van der Waals surface area contributed by atoms with Crippen LogP contribution in [-0.4, -0.2) is 46.4 Å². The van der Waals surface area contributed by atoms with E-state index in [4.69, 9.17) is 18.0 Å². The highest BCUT2D eigenvalue weighted by molar-refractivity contribution is 8.93. The van der Waals surface area contributed by atoms with E-state index < -0.39 is 0 Å². The molecule has 34 heavy (non-hydrogen) atoms. The number of rotatable bonds is 7. The smallest absolute Gasteiger partial charge is 0.191 e. The quantitative estimate of drug-likeness (QED) is 0.203. The van der Waals surface area contributed by atoms with E-state index >= 15 is 0 Å². The van der Waals surface area contributed by atoms with E-state index in [-0.39, 0.29) is 28.8 Å². The van der Waals surface area contributed by atoms with E-state index in [1.54, 1.807) is 16.9 Å². The van der Waals surface area contributed by atoms with Gasteiger partial charge in [-0.1, -0.05) is 17.7 Å². The van der Waals surface area contributed by atoms with Gasteiger partial charge in [0.25, 0.3) is 0 Å². The fourth-order valence-corrected chi connectivity index (χ4v) is 3.83. The van der Waals surface area contributed by atoms with Crippen LogP contribution >= 0.6 is 28.6 Å². The van der Waals surface area contributed by atoms with Crippen LogP contribution in [0.3, 0.4) is 0 Å². The number of pyridine rings is 1. The van der Waals surface area contributed by atoms with Crippen LogP contribution in [0.5, 0.6) is 0 Å². The first-order valence-corrected chi connectivity index (χ1v) is 11.1. The molecule has 1 fully saturated rings. The van der Waals surface area contributed by atoms with Crippen molar-refractivity contribution in [2.45, 2.75) is 25.4 Å². The highest BCUT2D eigenvalue weighted by Crippen LogP contribution is 2.21.